The Kier molecular flexibility index (Phi) is 5.09. The molecule has 0 radical (unpaired) electrons. The number of amides is 1. The molecule has 1 amide bonds. The minimum atomic E-state index is -1.74. The van der Waals surface area contributed by atoms with Crippen LogP contribution in [0.4, 0.5) is 8.78 Å². The summed E-state index contributed by atoms with van der Waals surface area (Å²) >= 11 is 1.00. The Morgan fingerprint density at radius 1 is 1.22 bits per heavy atom. The maximum Gasteiger partial charge on any atom is 0.285 e. The first-order chi connectivity index (χ1) is 15.4. The maximum absolute atomic E-state index is 14.2. The molecule has 0 bridgehead atoms. The molecule has 10 heteroatoms. The number of allylic oxidation sites excluding steroid dienone is 2. The van der Waals surface area contributed by atoms with E-state index in [1.165, 1.54) is 11.6 Å². The van der Waals surface area contributed by atoms with E-state index in [4.69, 9.17) is 0 Å². The molecule has 0 saturated carbocycles. The summed E-state index contributed by atoms with van der Waals surface area (Å²) in [4.78, 5) is 15.1. The second-order valence-electron chi connectivity index (χ2n) is 7.80. The zero-order chi connectivity index (χ0) is 22.4. The summed E-state index contributed by atoms with van der Waals surface area (Å²) in [6.45, 7) is 2.93. The van der Waals surface area contributed by atoms with Crippen LogP contribution in [0.1, 0.15) is 43.1 Å². The van der Waals surface area contributed by atoms with E-state index in [2.05, 4.69) is 26.7 Å². The number of halogens is 2. The highest BCUT2D eigenvalue weighted by Gasteiger charge is 2.33. The van der Waals surface area contributed by atoms with Gasteiger partial charge >= 0.3 is 0 Å². The molecule has 4 heterocycles. The van der Waals surface area contributed by atoms with Gasteiger partial charge in [0.2, 0.25) is 11.3 Å². The van der Waals surface area contributed by atoms with Crippen LogP contribution in [0.5, 0.6) is 0 Å². The first-order valence-corrected chi connectivity index (χ1v) is 10.9. The van der Waals surface area contributed by atoms with Crippen LogP contribution in [-0.4, -0.2) is 43.6 Å². The van der Waals surface area contributed by atoms with Gasteiger partial charge in [-0.15, -0.1) is 10.2 Å². The van der Waals surface area contributed by atoms with Crippen LogP contribution in [0.15, 0.2) is 48.6 Å². The van der Waals surface area contributed by atoms with Gasteiger partial charge in [-0.3, -0.25) is 9.48 Å². The van der Waals surface area contributed by atoms with Gasteiger partial charge in [-0.25, -0.2) is 4.39 Å². The van der Waals surface area contributed by atoms with E-state index in [0.29, 0.717) is 13.1 Å². The van der Waals surface area contributed by atoms with Crippen molar-refractivity contribution in [1.29, 1.82) is 0 Å². The number of benzene rings is 1. The molecule has 0 aliphatic carbocycles. The molecule has 5 rings (SSSR count). The van der Waals surface area contributed by atoms with Crippen molar-refractivity contribution in [3.8, 4) is 0 Å². The molecule has 1 aromatic carbocycles. The number of nitrogens with one attached hydrogen (secondary N) is 1. The van der Waals surface area contributed by atoms with Crippen molar-refractivity contribution in [3.05, 3.63) is 81.0 Å². The number of dihydropyridines is 1. The van der Waals surface area contributed by atoms with Crippen molar-refractivity contribution in [2.45, 2.75) is 25.7 Å². The highest BCUT2D eigenvalue weighted by molar-refractivity contribution is 7.14. The number of rotatable bonds is 3. The average molecular weight is 455 g/mol. The molecule has 32 heavy (non-hydrogen) atoms. The van der Waals surface area contributed by atoms with E-state index in [9.17, 15) is 13.6 Å². The Morgan fingerprint density at radius 3 is 2.78 bits per heavy atom. The third-order valence-corrected chi connectivity index (χ3v) is 6.89. The highest BCUT2D eigenvalue weighted by Crippen LogP contribution is 2.36. The number of aromatic nitrogens is 4. The minimum Gasteiger partial charge on any atom is -0.331 e. The number of hydrogen-bond acceptors (Lipinski definition) is 6. The van der Waals surface area contributed by atoms with Crippen molar-refractivity contribution in [2.24, 2.45) is 7.05 Å². The van der Waals surface area contributed by atoms with Crippen LogP contribution in [0.25, 0.3) is 5.57 Å². The normalized spacial score (nSPS) is 20.3. The molecule has 164 valence electrons. The standard InChI is InChI=1S/C22H20F2N6OS/c1-12-16(9-25-29(12)2)17-11-30(10-13-5-3-4-6-14(13)17)22(31)21-28-27-20(32-21)15-7-8-18(23)26-19(15)24/h3-9,17,19,26H,10-11H2,1-2H3. The summed E-state index contributed by atoms with van der Waals surface area (Å²) < 4.78 is 29.2. The van der Waals surface area contributed by atoms with Crippen LogP contribution in [0, 0.1) is 6.92 Å². The third-order valence-electron chi connectivity index (χ3n) is 5.93. The van der Waals surface area contributed by atoms with E-state index in [1.807, 2.05) is 43.0 Å². The molecule has 0 saturated heterocycles. The molecule has 2 unspecified atom stereocenters. The molecular weight excluding hydrogens is 434 g/mol. The summed E-state index contributed by atoms with van der Waals surface area (Å²) in [6.07, 6.45) is 2.54. The molecule has 0 spiro atoms. The Bertz CT molecular complexity index is 1260. The van der Waals surface area contributed by atoms with Crippen LogP contribution in [-0.2, 0) is 13.6 Å². The summed E-state index contributed by atoms with van der Waals surface area (Å²) in [6, 6.07) is 8.07. The lowest BCUT2D eigenvalue weighted by molar-refractivity contribution is 0.0723. The summed E-state index contributed by atoms with van der Waals surface area (Å²) in [7, 11) is 1.90. The Labute approximate surface area is 187 Å². The van der Waals surface area contributed by atoms with E-state index in [0.717, 1.165) is 34.2 Å². The fourth-order valence-electron chi connectivity index (χ4n) is 4.12. The Hall–Kier alpha value is -3.40. The largest absolute Gasteiger partial charge is 0.331 e. The van der Waals surface area contributed by atoms with Gasteiger partial charge in [0.1, 0.15) is 5.01 Å². The van der Waals surface area contributed by atoms with E-state index < -0.39 is 12.2 Å². The second kappa shape index (κ2) is 7.94. The summed E-state index contributed by atoms with van der Waals surface area (Å²) in [5, 5.41) is 14.8. The minimum absolute atomic E-state index is 0.0152. The molecular formula is C22H20F2N6OS. The number of nitrogens with zero attached hydrogens (tertiary/aromatic N) is 5. The van der Waals surface area contributed by atoms with Gasteiger partial charge in [0, 0.05) is 42.9 Å². The van der Waals surface area contributed by atoms with Gasteiger partial charge in [-0.1, -0.05) is 35.6 Å². The van der Waals surface area contributed by atoms with E-state index in [-0.39, 0.29) is 27.4 Å². The zero-order valence-corrected chi connectivity index (χ0v) is 18.2. The molecule has 2 aliphatic heterocycles. The van der Waals surface area contributed by atoms with Crippen molar-refractivity contribution in [2.75, 3.05) is 6.54 Å². The van der Waals surface area contributed by atoms with Crippen LogP contribution < -0.4 is 5.32 Å². The van der Waals surface area contributed by atoms with Gasteiger partial charge in [-0.2, -0.15) is 9.49 Å². The summed E-state index contributed by atoms with van der Waals surface area (Å²) in [5.41, 5.74) is 4.51. The predicted octanol–water partition coefficient (Wildman–Crippen LogP) is 3.46. The quantitative estimate of drug-likeness (QED) is 0.614. The molecule has 7 nitrogen and oxygen atoms in total. The lowest BCUT2D eigenvalue weighted by Gasteiger charge is -2.34. The molecule has 1 N–H and O–H groups in total. The molecule has 2 aromatic heterocycles. The topological polar surface area (TPSA) is 75.9 Å². The van der Waals surface area contributed by atoms with Crippen LogP contribution in [0.3, 0.4) is 0 Å². The number of carbonyl (C=O) groups excluding carboxylic acids is 1. The lowest BCUT2D eigenvalue weighted by Crippen LogP contribution is -2.38. The van der Waals surface area contributed by atoms with Gasteiger partial charge < -0.3 is 10.2 Å². The van der Waals surface area contributed by atoms with Gasteiger partial charge in [0.15, 0.2) is 5.95 Å². The fourth-order valence-corrected chi connectivity index (χ4v) is 4.97. The van der Waals surface area contributed by atoms with Crippen molar-refractivity contribution >= 4 is 22.8 Å². The van der Waals surface area contributed by atoms with Crippen molar-refractivity contribution in [1.82, 2.24) is 30.2 Å². The molecule has 3 aromatic rings. The maximum atomic E-state index is 14.2. The van der Waals surface area contributed by atoms with Crippen LogP contribution in [0.2, 0.25) is 0 Å². The highest BCUT2D eigenvalue weighted by atomic mass is 32.1. The van der Waals surface area contributed by atoms with Crippen molar-refractivity contribution < 1.29 is 13.6 Å². The van der Waals surface area contributed by atoms with Gasteiger partial charge in [0.05, 0.1) is 6.20 Å². The van der Waals surface area contributed by atoms with Crippen LogP contribution >= 0.6 is 11.3 Å². The summed E-state index contributed by atoms with van der Waals surface area (Å²) in [5.74, 6) is -1.04. The number of hydrogen-bond donors (Lipinski definition) is 1. The number of alkyl halides is 1. The van der Waals surface area contributed by atoms with Crippen molar-refractivity contribution in [3.63, 3.8) is 0 Å². The number of carbonyl (C=O) groups is 1. The first kappa shape index (κ1) is 20.5. The predicted molar refractivity (Wildman–Crippen MR) is 116 cm³/mol. The van der Waals surface area contributed by atoms with Gasteiger partial charge in [0.25, 0.3) is 5.91 Å². The number of aryl methyl sites for hydroxylation is 1. The molecule has 0 fully saturated rings. The number of fused-ring (bicyclic) bond motifs is 1. The smallest absolute Gasteiger partial charge is 0.285 e. The lowest BCUT2D eigenvalue weighted by atomic mass is 9.85. The molecule has 2 atom stereocenters. The Balaban J connectivity index is 1.45. The second-order valence-corrected chi connectivity index (χ2v) is 8.78. The SMILES string of the molecule is Cc1c(C2CN(C(=O)c3nnc(C4=CC=C(F)NC4F)s3)Cc3ccccc32)cnn1C. The van der Waals surface area contributed by atoms with E-state index >= 15 is 0 Å². The zero-order valence-electron chi connectivity index (χ0n) is 17.4. The molecule has 2 aliphatic rings. The average Bonchev–Trinajstić information content (AvgIpc) is 3.40. The van der Waals surface area contributed by atoms with E-state index in [1.54, 1.807) is 4.90 Å². The Morgan fingerprint density at radius 2 is 2.03 bits per heavy atom. The van der Waals surface area contributed by atoms with Gasteiger partial charge in [-0.05, 0) is 30.2 Å². The first-order valence-electron chi connectivity index (χ1n) is 10.1. The third kappa shape index (κ3) is 3.50. The monoisotopic (exact) mass is 454 g/mol. The fraction of sp³-hybridized carbons (Fsp3) is 0.273.